The number of amides is 2. The predicted molar refractivity (Wildman–Crippen MR) is 98.3 cm³/mol. The number of benzene rings is 1. The Morgan fingerprint density at radius 1 is 0.920 bits per heavy atom. The van der Waals surface area contributed by atoms with E-state index in [-0.39, 0.29) is 29.2 Å². The molecule has 25 heavy (non-hydrogen) atoms. The van der Waals surface area contributed by atoms with Gasteiger partial charge in [0.1, 0.15) is 11.4 Å². The Morgan fingerprint density at radius 3 is 2.20 bits per heavy atom. The zero-order valence-corrected chi connectivity index (χ0v) is 15.0. The molecule has 0 saturated carbocycles. The van der Waals surface area contributed by atoms with E-state index >= 15 is 0 Å². The summed E-state index contributed by atoms with van der Waals surface area (Å²) in [5.74, 6) is -0.0376. The first kappa shape index (κ1) is 18.6. The van der Waals surface area contributed by atoms with Crippen LogP contribution in [0.15, 0.2) is 48.5 Å². The molecule has 5 heteroatoms. The predicted octanol–water partition coefficient (Wildman–Crippen LogP) is 3.35. The van der Waals surface area contributed by atoms with Gasteiger partial charge in [-0.1, -0.05) is 50.2 Å². The lowest BCUT2D eigenvalue weighted by Gasteiger charge is -2.14. The van der Waals surface area contributed by atoms with Crippen molar-refractivity contribution in [3.8, 4) is 0 Å². The van der Waals surface area contributed by atoms with Crippen LogP contribution in [0.2, 0.25) is 0 Å². The number of carbonyl (C=O) groups is 2. The van der Waals surface area contributed by atoms with Crippen LogP contribution in [0.25, 0.3) is 0 Å². The van der Waals surface area contributed by atoms with Crippen LogP contribution in [0.4, 0.5) is 0 Å². The fourth-order valence-electron chi connectivity index (χ4n) is 2.35. The summed E-state index contributed by atoms with van der Waals surface area (Å²) in [6.07, 6.45) is 0.903. The van der Waals surface area contributed by atoms with Crippen LogP contribution in [0.1, 0.15) is 59.8 Å². The molecule has 5 nitrogen and oxygen atoms in total. The average Bonchev–Trinajstić information content (AvgIpc) is 2.62. The molecule has 1 aromatic carbocycles. The Hall–Kier alpha value is -2.69. The molecular weight excluding hydrogens is 314 g/mol. The van der Waals surface area contributed by atoms with E-state index in [1.54, 1.807) is 18.2 Å². The van der Waals surface area contributed by atoms with E-state index in [1.165, 1.54) is 0 Å². The van der Waals surface area contributed by atoms with E-state index in [0.717, 1.165) is 12.0 Å². The van der Waals surface area contributed by atoms with E-state index < -0.39 is 0 Å². The van der Waals surface area contributed by atoms with Gasteiger partial charge in [-0.25, -0.2) is 4.98 Å². The maximum Gasteiger partial charge on any atom is 0.270 e. The topological polar surface area (TPSA) is 71.1 Å². The highest BCUT2D eigenvalue weighted by Gasteiger charge is 2.15. The fourth-order valence-corrected chi connectivity index (χ4v) is 2.35. The smallest absolute Gasteiger partial charge is 0.270 e. The summed E-state index contributed by atoms with van der Waals surface area (Å²) in [4.78, 5) is 28.7. The van der Waals surface area contributed by atoms with Crippen molar-refractivity contribution in [1.82, 2.24) is 15.6 Å². The maximum absolute atomic E-state index is 12.4. The summed E-state index contributed by atoms with van der Waals surface area (Å²) >= 11 is 0. The van der Waals surface area contributed by atoms with Crippen LogP contribution in [-0.2, 0) is 0 Å². The number of pyridine rings is 1. The molecule has 2 rings (SSSR count). The minimum absolute atomic E-state index is 0.140. The van der Waals surface area contributed by atoms with Crippen molar-refractivity contribution < 1.29 is 9.59 Å². The van der Waals surface area contributed by atoms with Crippen molar-refractivity contribution in [2.24, 2.45) is 5.92 Å². The summed E-state index contributed by atoms with van der Waals surface area (Å²) in [5.41, 5.74) is 1.50. The van der Waals surface area contributed by atoms with Crippen LogP contribution in [0.3, 0.4) is 0 Å². The number of aromatic nitrogens is 1. The normalized spacial score (nSPS) is 11.8. The highest BCUT2D eigenvalue weighted by molar-refractivity contribution is 5.96. The number of rotatable bonds is 7. The molecule has 2 N–H and O–H groups in total. The third-order valence-corrected chi connectivity index (χ3v) is 3.87. The number of nitrogens with zero attached hydrogens (tertiary/aromatic N) is 1. The third-order valence-electron chi connectivity index (χ3n) is 3.87. The van der Waals surface area contributed by atoms with Crippen LogP contribution in [0, 0.1) is 5.92 Å². The second-order valence-corrected chi connectivity index (χ2v) is 6.45. The zero-order valence-electron chi connectivity index (χ0n) is 15.0. The second kappa shape index (κ2) is 8.97. The van der Waals surface area contributed by atoms with E-state index in [1.807, 2.05) is 37.3 Å². The summed E-state index contributed by atoms with van der Waals surface area (Å²) in [7, 11) is 0. The molecule has 0 bridgehead atoms. The third kappa shape index (κ3) is 5.71. The van der Waals surface area contributed by atoms with Crippen LogP contribution in [0.5, 0.6) is 0 Å². The Labute approximate surface area is 148 Å². The maximum atomic E-state index is 12.4. The lowest BCUT2D eigenvalue weighted by atomic mass is 10.1. The molecule has 1 heterocycles. The molecule has 1 aromatic heterocycles. The highest BCUT2D eigenvalue weighted by atomic mass is 16.2. The molecule has 0 spiro atoms. The van der Waals surface area contributed by atoms with Gasteiger partial charge < -0.3 is 10.6 Å². The summed E-state index contributed by atoms with van der Waals surface area (Å²) in [5, 5.41) is 5.73. The van der Waals surface area contributed by atoms with Gasteiger partial charge in [0.25, 0.3) is 11.8 Å². The second-order valence-electron chi connectivity index (χ2n) is 6.45. The van der Waals surface area contributed by atoms with E-state index in [2.05, 4.69) is 29.5 Å². The van der Waals surface area contributed by atoms with Crippen molar-refractivity contribution in [2.45, 2.75) is 33.2 Å². The molecule has 0 aliphatic heterocycles. The fraction of sp³-hybridized carbons (Fsp3) is 0.350. The lowest BCUT2D eigenvalue weighted by Crippen LogP contribution is -2.29. The minimum atomic E-state index is -0.298. The van der Waals surface area contributed by atoms with Gasteiger partial charge in [0, 0.05) is 6.54 Å². The molecule has 132 valence electrons. The number of nitrogens with one attached hydrogen (secondary N) is 2. The van der Waals surface area contributed by atoms with Gasteiger partial charge in [-0.2, -0.15) is 0 Å². The summed E-state index contributed by atoms with van der Waals surface area (Å²) in [6, 6.07) is 14.5. The largest absolute Gasteiger partial charge is 0.351 e. The van der Waals surface area contributed by atoms with Crippen molar-refractivity contribution in [3.05, 3.63) is 65.5 Å². The van der Waals surface area contributed by atoms with Gasteiger partial charge in [-0.05, 0) is 37.0 Å². The molecule has 1 atom stereocenters. The van der Waals surface area contributed by atoms with Crippen molar-refractivity contribution in [3.63, 3.8) is 0 Å². The number of hydrogen-bond acceptors (Lipinski definition) is 3. The van der Waals surface area contributed by atoms with Crippen molar-refractivity contribution in [1.29, 1.82) is 0 Å². The molecule has 1 unspecified atom stereocenters. The first-order valence-corrected chi connectivity index (χ1v) is 8.58. The first-order valence-electron chi connectivity index (χ1n) is 8.58. The monoisotopic (exact) mass is 339 g/mol. The molecule has 0 aliphatic rings. The van der Waals surface area contributed by atoms with Crippen molar-refractivity contribution in [2.75, 3.05) is 6.54 Å². The Balaban J connectivity index is 2.00. The standard InChI is InChI=1S/C20H25N3O2/c1-14(2)12-13-21-19(24)17-10-7-11-18(23-17)20(25)22-15(3)16-8-5-4-6-9-16/h4-11,14-15H,12-13H2,1-3H3,(H,21,24)(H,22,25). The highest BCUT2D eigenvalue weighted by Crippen LogP contribution is 2.12. The van der Waals surface area contributed by atoms with Gasteiger partial charge in [0.05, 0.1) is 6.04 Å². The van der Waals surface area contributed by atoms with Crippen LogP contribution < -0.4 is 10.6 Å². The van der Waals surface area contributed by atoms with E-state index in [9.17, 15) is 9.59 Å². The average molecular weight is 339 g/mol. The van der Waals surface area contributed by atoms with Gasteiger partial charge in [0.2, 0.25) is 0 Å². The lowest BCUT2D eigenvalue weighted by molar-refractivity contribution is 0.0933. The van der Waals surface area contributed by atoms with Gasteiger partial charge in [0.15, 0.2) is 0 Å². The Morgan fingerprint density at radius 2 is 1.56 bits per heavy atom. The number of hydrogen-bond donors (Lipinski definition) is 2. The zero-order chi connectivity index (χ0) is 18.2. The van der Waals surface area contributed by atoms with Gasteiger partial charge >= 0.3 is 0 Å². The van der Waals surface area contributed by atoms with Crippen molar-refractivity contribution >= 4 is 11.8 Å². The summed E-state index contributed by atoms with van der Waals surface area (Å²) in [6.45, 7) is 6.71. The summed E-state index contributed by atoms with van der Waals surface area (Å²) < 4.78 is 0. The van der Waals surface area contributed by atoms with E-state index in [4.69, 9.17) is 0 Å². The molecule has 0 fully saturated rings. The molecule has 0 saturated heterocycles. The quantitative estimate of drug-likeness (QED) is 0.812. The Bertz CT molecular complexity index is 714. The molecule has 2 aromatic rings. The van der Waals surface area contributed by atoms with Crippen LogP contribution in [-0.4, -0.2) is 23.3 Å². The molecular formula is C20H25N3O2. The van der Waals surface area contributed by atoms with E-state index in [0.29, 0.717) is 12.5 Å². The van der Waals surface area contributed by atoms with Gasteiger partial charge in [-0.15, -0.1) is 0 Å². The van der Waals surface area contributed by atoms with Gasteiger partial charge in [-0.3, -0.25) is 9.59 Å². The SMILES string of the molecule is CC(C)CCNC(=O)c1cccc(C(=O)NC(C)c2ccccc2)n1. The molecule has 0 radical (unpaired) electrons. The Kier molecular flexibility index (Phi) is 6.69. The van der Waals surface area contributed by atoms with Crippen LogP contribution >= 0.6 is 0 Å². The molecule has 0 aliphatic carbocycles. The number of carbonyl (C=O) groups excluding carboxylic acids is 2. The minimum Gasteiger partial charge on any atom is -0.351 e. The first-order chi connectivity index (χ1) is 12.0. The molecule has 2 amide bonds.